The van der Waals surface area contributed by atoms with Gasteiger partial charge in [0, 0.05) is 5.54 Å². The molecule has 3 nitrogen and oxygen atoms in total. The van der Waals surface area contributed by atoms with E-state index in [4.69, 9.17) is 0 Å². The molecule has 0 radical (unpaired) electrons. The van der Waals surface area contributed by atoms with Crippen molar-refractivity contribution < 1.29 is 30.4 Å². The van der Waals surface area contributed by atoms with Gasteiger partial charge in [-0.15, -0.1) is 0 Å². The first-order valence-electron chi connectivity index (χ1n) is 8.17. The minimum atomic E-state index is -4.89. The number of halogens is 5. The van der Waals surface area contributed by atoms with Crippen LogP contribution in [0.15, 0.2) is 4.90 Å². The second kappa shape index (κ2) is 5.39. The van der Waals surface area contributed by atoms with Crippen molar-refractivity contribution in [2.75, 3.05) is 0 Å². The lowest BCUT2D eigenvalue weighted by molar-refractivity contribution is -0.00815. The van der Waals surface area contributed by atoms with Crippen molar-refractivity contribution in [3.8, 4) is 0 Å². The first-order valence-corrected chi connectivity index (χ1v) is 9.65. The van der Waals surface area contributed by atoms with Gasteiger partial charge in [0.05, 0.1) is 0 Å². The zero-order chi connectivity index (χ0) is 18.1. The summed E-state index contributed by atoms with van der Waals surface area (Å²) in [5.74, 6) is -10.5. The van der Waals surface area contributed by atoms with E-state index in [2.05, 4.69) is 4.72 Å². The van der Waals surface area contributed by atoms with Crippen LogP contribution in [0, 0.1) is 46.8 Å². The molecule has 0 heterocycles. The average Bonchev–Trinajstić information content (AvgIpc) is 2.48. The molecule has 0 saturated heterocycles. The first kappa shape index (κ1) is 17.2. The van der Waals surface area contributed by atoms with Crippen LogP contribution in [0.4, 0.5) is 22.0 Å². The van der Waals surface area contributed by atoms with E-state index in [1.165, 1.54) is 0 Å². The van der Waals surface area contributed by atoms with Crippen LogP contribution in [0.25, 0.3) is 0 Å². The standard InChI is InChI=1S/C16H16F5NO2S/c17-10-11(18)13(20)15(14(21)12(10)19)25(23,24)22-16-4-7-1-8(5-16)3-9(2-7)6-16/h7-9,22H,1-6H2. The predicted octanol–water partition coefficient (Wildman–Crippen LogP) is 3.63. The molecule has 1 N–H and O–H groups in total. The predicted molar refractivity (Wildman–Crippen MR) is 77.5 cm³/mol. The maximum Gasteiger partial charge on any atom is 0.247 e. The molecule has 0 aliphatic heterocycles. The summed E-state index contributed by atoms with van der Waals surface area (Å²) in [6, 6.07) is 0. The normalized spacial score (nSPS) is 33.9. The lowest BCUT2D eigenvalue weighted by Gasteiger charge is -2.56. The molecule has 0 atom stereocenters. The van der Waals surface area contributed by atoms with Gasteiger partial charge in [-0.3, -0.25) is 0 Å². The largest absolute Gasteiger partial charge is 0.247 e. The highest BCUT2D eigenvalue weighted by molar-refractivity contribution is 7.89. The Kier molecular flexibility index (Phi) is 3.71. The van der Waals surface area contributed by atoms with Gasteiger partial charge in [0.1, 0.15) is 0 Å². The molecule has 1 aromatic carbocycles. The highest BCUT2D eigenvalue weighted by Gasteiger charge is 2.53. The van der Waals surface area contributed by atoms with E-state index >= 15 is 0 Å². The first-order chi connectivity index (χ1) is 11.6. The summed E-state index contributed by atoms with van der Waals surface area (Å²) in [4.78, 5) is -1.79. The van der Waals surface area contributed by atoms with Crippen LogP contribution in [-0.2, 0) is 10.0 Å². The van der Waals surface area contributed by atoms with Gasteiger partial charge < -0.3 is 0 Å². The van der Waals surface area contributed by atoms with Crippen molar-refractivity contribution in [2.24, 2.45) is 17.8 Å². The minimum Gasteiger partial charge on any atom is -0.207 e. The van der Waals surface area contributed by atoms with Crippen LogP contribution in [0.5, 0.6) is 0 Å². The summed E-state index contributed by atoms with van der Waals surface area (Å²) in [5.41, 5.74) is -0.853. The van der Waals surface area contributed by atoms with Crippen molar-refractivity contribution in [2.45, 2.75) is 49.0 Å². The molecular formula is C16H16F5NO2S. The Morgan fingerprint density at radius 3 is 1.48 bits per heavy atom. The van der Waals surface area contributed by atoms with E-state index in [-0.39, 0.29) is 0 Å². The van der Waals surface area contributed by atoms with Crippen molar-refractivity contribution in [1.82, 2.24) is 4.72 Å². The molecule has 0 spiro atoms. The Morgan fingerprint density at radius 2 is 1.08 bits per heavy atom. The third-order valence-corrected chi connectivity index (χ3v) is 7.42. The number of hydrogen-bond donors (Lipinski definition) is 1. The number of rotatable bonds is 3. The topological polar surface area (TPSA) is 46.2 Å². The Bertz CT molecular complexity index is 790. The second-order valence-corrected chi connectivity index (χ2v) is 9.32. The van der Waals surface area contributed by atoms with Crippen molar-refractivity contribution >= 4 is 10.0 Å². The molecule has 4 bridgehead atoms. The van der Waals surface area contributed by atoms with Crippen molar-refractivity contribution in [1.29, 1.82) is 0 Å². The molecule has 5 rings (SSSR count). The number of sulfonamides is 1. The zero-order valence-electron chi connectivity index (χ0n) is 13.1. The van der Waals surface area contributed by atoms with Gasteiger partial charge in [-0.05, 0) is 56.3 Å². The fourth-order valence-corrected chi connectivity index (χ4v) is 6.97. The van der Waals surface area contributed by atoms with E-state index in [0.717, 1.165) is 19.3 Å². The van der Waals surface area contributed by atoms with Crippen molar-refractivity contribution in [3.63, 3.8) is 0 Å². The Hall–Kier alpha value is -1.22. The van der Waals surface area contributed by atoms with Crippen LogP contribution in [-0.4, -0.2) is 14.0 Å². The van der Waals surface area contributed by atoms with Crippen LogP contribution in [0.1, 0.15) is 38.5 Å². The van der Waals surface area contributed by atoms with Gasteiger partial charge in [-0.1, -0.05) is 0 Å². The summed E-state index contributed by atoms with van der Waals surface area (Å²) in [5, 5.41) is 0. The van der Waals surface area contributed by atoms with E-state index < -0.39 is 49.5 Å². The highest BCUT2D eigenvalue weighted by atomic mass is 32.2. The third-order valence-electron chi connectivity index (χ3n) is 5.83. The monoisotopic (exact) mass is 381 g/mol. The molecule has 1 aromatic rings. The maximum absolute atomic E-state index is 13.9. The van der Waals surface area contributed by atoms with Crippen LogP contribution in [0.3, 0.4) is 0 Å². The Balaban J connectivity index is 1.75. The van der Waals surface area contributed by atoms with Gasteiger partial charge in [-0.25, -0.2) is 35.1 Å². The van der Waals surface area contributed by atoms with E-state index in [1.54, 1.807) is 0 Å². The highest BCUT2D eigenvalue weighted by Crippen LogP contribution is 2.56. The quantitative estimate of drug-likeness (QED) is 0.494. The SMILES string of the molecule is O=S(=O)(NC12CC3CC(CC(C3)C1)C2)c1c(F)c(F)c(F)c(F)c1F. The molecule has 4 fully saturated rings. The molecule has 25 heavy (non-hydrogen) atoms. The Morgan fingerprint density at radius 1 is 0.720 bits per heavy atom. The van der Waals surface area contributed by atoms with E-state index in [0.29, 0.717) is 37.0 Å². The lowest BCUT2D eigenvalue weighted by atomic mass is 9.53. The Labute approximate surface area is 141 Å². The zero-order valence-corrected chi connectivity index (χ0v) is 13.9. The summed E-state index contributed by atoms with van der Waals surface area (Å²) >= 11 is 0. The minimum absolute atomic E-state index is 0.338. The van der Waals surface area contributed by atoms with Gasteiger partial charge in [0.15, 0.2) is 28.2 Å². The van der Waals surface area contributed by atoms with E-state index in [9.17, 15) is 30.4 Å². The maximum atomic E-state index is 13.9. The van der Waals surface area contributed by atoms with Crippen molar-refractivity contribution in [3.05, 3.63) is 29.1 Å². The molecule has 4 aliphatic rings. The summed E-state index contributed by atoms with van der Waals surface area (Å²) in [6.45, 7) is 0. The summed E-state index contributed by atoms with van der Waals surface area (Å²) in [6.07, 6.45) is 4.62. The molecule has 138 valence electrons. The second-order valence-electron chi connectivity index (χ2n) is 7.70. The van der Waals surface area contributed by atoms with Gasteiger partial charge in [-0.2, -0.15) is 0 Å². The van der Waals surface area contributed by atoms with Gasteiger partial charge in [0.2, 0.25) is 15.8 Å². The fourth-order valence-electron chi connectivity index (χ4n) is 5.39. The lowest BCUT2D eigenvalue weighted by Crippen LogP contribution is -2.59. The number of benzene rings is 1. The smallest absolute Gasteiger partial charge is 0.207 e. The number of hydrogen-bond acceptors (Lipinski definition) is 2. The van der Waals surface area contributed by atoms with Crippen LogP contribution >= 0.6 is 0 Å². The van der Waals surface area contributed by atoms with Crippen LogP contribution in [0.2, 0.25) is 0 Å². The fraction of sp³-hybridized carbons (Fsp3) is 0.625. The van der Waals surface area contributed by atoms with Gasteiger partial charge in [0.25, 0.3) is 0 Å². The van der Waals surface area contributed by atoms with Gasteiger partial charge >= 0.3 is 0 Å². The number of nitrogens with one attached hydrogen (secondary N) is 1. The van der Waals surface area contributed by atoms with E-state index in [1.807, 2.05) is 0 Å². The van der Waals surface area contributed by atoms with Crippen LogP contribution < -0.4 is 4.72 Å². The third kappa shape index (κ3) is 2.58. The summed E-state index contributed by atoms with van der Waals surface area (Å²) < 4.78 is 95.1. The molecule has 4 aliphatic carbocycles. The molecular weight excluding hydrogens is 365 g/mol. The molecule has 0 amide bonds. The average molecular weight is 381 g/mol. The molecule has 0 unspecified atom stereocenters. The summed E-state index contributed by atoms with van der Waals surface area (Å²) in [7, 11) is -4.89. The molecule has 0 aromatic heterocycles. The molecule has 4 saturated carbocycles. The molecule has 9 heteroatoms.